The fraction of sp³-hybridized carbons (Fsp3) is 0.273. The molecule has 1 heteroatoms. The summed E-state index contributed by atoms with van der Waals surface area (Å²) in [7, 11) is 0. The van der Waals surface area contributed by atoms with E-state index in [1.165, 1.54) is 16.4 Å². The van der Waals surface area contributed by atoms with Crippen molar-refractivity contribution in [1.82, 2.24) is 0 Å². The second kappa shape index (κ2) is 3.60. The summed E-state index contributed by atoms with van der Waals surface area (Å²) in [6.07, 6.45) is 3.64. The molecule has 1 atom stereocenters. The lowest BCUT2D eigenvalue weighted by Gasteiger charge is -1.89. The van der Waals surface area contributed by atoms with Crippen molar-refractivity contribution < 1.29 is 0 Å². The van der Waals surface area contributed by atoms with Crippen LogP contribution in [0.3, 0.4) is 0 Å². The number of rotatable bonds is 2. The molecule has 2 rings (SSSR count). The first-order valence-electron chi connectivity index (χ1n) is 4.21. The molecule has 0 spiro atoms. The van der Waals surface area contributed by atoms with Crippen molar-refractivity contribution in [1.29, 1.82) is 0 Å². The van der Waals surface area contributed by atoms with E-state index >= 15 is 0 Å². The van der Waals surface area contributed by atoms with Gasteiger partial charge in [-0.3, -0.25) is 0 Å². The summed E-state index contributed by atoms with van der Waals surface area (Å²) in [5.74, 6) is 0.880. The quantitative estimate of drug-likeness (QED) is 0.569. The predicted molar refractivity (Wildman–Crippen MR) is 61.4 cm³/mol. The summed E-state index contributed by atoms with van der Waals surface area (Å²) in [5.41, 5.74) is 2.97. The van der Waals surface area contributed by atoms with Crippen LogP contribution in [0.1, 0.15) is 12.0 Å². The van der Waals surface area contributed by atoms with E-state index in [1.54, 1.807) is 5.57 Å². The van der Waals surface area contributed by atoms with Crippen molar-refractivity contribution in [3.8, 4) is 0 Å². The number of allylic oxidation sites excluding steroid dienone is 1. The minimum Gasteiger partial charge on any atom is -0.0857 e. The lowest BCUT2D eigenvalue weighted by Crippen LogP contribution is -1.72. The van der Waals surface area contributed by atoms with E-state index in [0.29, 0.717) is 0 Å². The number of benzene rings is 1. The molecule has 0 heterocycles. The third kappa shape index (κ3) is 1.89. The number of halogens is 1. The van der Waals surface area contributed by atoms with Crippen molar-refractivity contribution in [2.75, 3.05) is 4.43 Å². The van der Waals surface area contributed by atoms with Crippen LogP contribution in [0.25, 0.3) is 6.08 Å². The Bertz CT molecular complexity index is 287. The average Bonchev–Trinajstić information content (AvgIpc) is 2.85. The van der Waals surface area contributed by atoms with Gasteiger partial charge in [-0.25, -0.2) is 0 Å². The average molecular weight is 270 g/mol. The highest BCUT2D eigenvalue weighted by Crippen LogP contribution is 2.40. The molecule has 1 saturated carbocycles. The molecule has 1 unspecified atom stereocenters. The maximum Gasteiger partial charge on any atom is 0.00642 e. The maximum atomic E-state index is 2.46. The first kappa shape index (κ1) is 8.30. The van der Waals surface area contributed by atoms with E-state index in [2.05, 4.69) is 59.0 Å². The molecule has 0 N–H and O–H groups in total. The van der Waals surface area contributed by atoms with Gasteiger partial charge in [0.15, 0.2) is 0 Å². The second-order valence-electron chi connectivity index (χ2n) is 3.19. The van der Waals surface area contributed by atoms with Gasteiger partial charge in [-0.2, -0.15) is 0 Å². The topological polar surface area (TPSA) is 0 Å². The lowest BCUT2D eigenvalue weighted by atomic mass is 10.2. The van der Waals surface area contributed by atoms with Crippen molar-refractivity contribution in [3.05, 3.63) is 41.5 Å². The highest BCUT2D eigenvalue weighted by atomic mass is 127. The predicted octanol–water partition coefficient (Wildman–Crippen LogP) is 3.52. The van der Waals surface area contributed by atoms with Gasteiger partial charge < -0.3 is 0 Å². The summed E-state index contributed by atoms with van der Waals surface area (Å²) >= 11 is 2.46. The zero-order valence-electron chi connectivity index (χ0n) is 6.83. The Morgan fingerprint density at radius 3 is 2.67 bits per heavy atom. The smallest absolute Gasteiger partial charge is 0.00642 e. The standard InChI is InChI=1S/C11H11I/c12-8-11-7-10(11)6-9-4-2-1-3-5-9/h1-6,11H,7-8H2/b10-6+. The van der Waals surface area contributed by atoms with Gasteiger partial charge in [0.2, 0.25) is 0 Å². The zero-order valence-corrected chi connectivity index (χ0v) is 8.99. The van der Waals surface area contributed by atoms with Crippen LogP contribution in [0.4, 0.5) is 0 Å². The van der Waals surface area contributed by atoms with Crippen molar-refractivity contribution in [2.24, 2.45) is 5.92 Å². The summed E-state index contributed by atoms with van der Waals surface area (Å²) in [6, 6.07) is 10.6. The van der Waals surface area contributed by atoms with Crippen LogP contribution in [0.15, 0.2) is 35.9 Å². The molecule has 0 saturated heterocycles. The van der Waals surface area contributed by atoms with Crippen LogP contribution < -0.4 is 0 Å². The largest absolute Gasteiger partial charge is 0.0857 e. The Morgan fingerprint density at radius 1 is 1.33 bits per heavy atom. The van der Waals surface area contributed by atoms with Gasteiger partial charge in [0.1, 0.15) is 0 Å². The minimum absolute atomic E-state index is 0.880. The molecule has 1 aromatic rings. The molecule has 0 radical (unpaired) electrons. The Kier molecular flexibility index (Phi) is 2.49. The Morgan fingerprint density at radius 2 is 2.08 bits per heavy atom. The van der Waals surface area contributed by atoms with Crippen molar-refractivity contribution >= 4 is 28.7 Å². The first-order chi connectivity index (χ1) is 5.90. The molecule has 0 bridgehead atoms. The van der Waals surface area contributed by atoms with Gasteiger partial charge in [-0.1, -0.05) is 64.6 Å². The summed E-state index contributed by atoms with van der Waals surface area (Å²) < 4.78 is 1.27. The maximum absolute atomic E-state index is 2.46. The minimum atomic E-state index is 0.880. The lowest BCUT2D eigenvalue weighted by molar-refractivity contribution is 1.06. The van der Waals surface area contributed by atoms with E-state index in [-0.39, 0.29) is 0 Å². The molecule has 1 aromatic carbocycles. The van der Waals surface area contributed by atoms with E-state index in [9.17, 15) is 0 Å². The normalized spacial score (nSPS) is 24.4. The SMILES string of the molecule is ICC1C/C1=C\c1ccccc1. The molecule has 1 aliphatic carbocycles. The highest BCUT2D eigenvalue weighted by molar-refractivity contribution is 14.1. The molecule has 0 aromatic heterocycles. The van der Waals surface area contributed by atoms with E-state index in [1.807, 2.05) is 0 Å². The van der Waals surface area contributed by atoms with Gasteiger partial charge in [0, 0.05) is 4.43 Å². The fourth-order valence-electron chi connectivity index (χ4n) is 1.32. The van der Waals surface area contributed by atoms with Gasteiger partial charge >= 0.3 is 0 Å². The monoisotopic (exact) mass is 270 g/mol. The van der Waals surface area contributed by atoms with E-state index < -0.39 is 0 Å². The van der Waals surface area contributed by atoms with Crippen molar-refractivity contribution in [2.45, 2.75) is 6.42 Å². The molecule has 0 aliphatic heterocycles. The van der Waals surface area contributed by atoms with Crippen molar-refractivity contribution in [3.63, 3.8) is 0 Å². The molecule has 0 amide bonds. The van der Waals surface area contributed by atoms with Crippen LogP contribution in [-0.2, 0) is 0 Å². The summed E-state index contributed by atoms with van der Waals surface area (Å²) in [4.78, 5) is 0. The molecule has 1 aliphatic rings. The van der Waals surface area contributed by atoms with E-state index in [4.69, 9.17) is 0 Å². The Balaban J connectivity index is 2.10. The van der Waals surface area contributed by atoms with E-state index in [0.717, 1.165) is 5.92 Å². The molecular weight excluding hydrogens is 259 g/mol. The fourth-order valence-corrected chi connectivity index (χ4v) is 2.20. The third-order valence-corrected chi connectivity index (χ3v) is 3.25. The highest BCUT2D eigenvalue weighted by Gasteiger charge is 2.27. The van der Waals surface area contributed by atoms with Crippen LogP contribution in [0.2, 0.25) is 0 Å². The number of hydrogen-bond donors (Lipinski definition) is 0. The van der Waals surface area contributed by atoms with Crippen LogP contribution in [0, 0.1) is 5.92 Å². The van der Waals surface area contributed by atoms with Gasteiger partial charge in [0.05, 0.1) is 0 Å². The van der Waals surface area contributed by atoms with Gasteiger partial charge in [-0.05, 0) is 17.9 Å². The van der Waals surface area contributed by atoms with Gasteiger partial charge in [0.25, 0.3) is 0 Å². The van der Waals surface area contributed by atoms with Gasteiger partial charge in [-0.15, -0.1) is 0 Å². The number of hydrogen-bond acceptors (Lipinski definition) is 0. The summed E-state index contributed by atoms with van der Waals surface area (Å²) in [5, 5.41) is 0. The molecule has 1 fully saturated rings. The van der Waals surface area contributed by atoms with Crippen LogP contribution in [-0.4, -0.2) is 4.43 Å². The Hall–Kier alpha value is -0.310. The molecule has 0 nitrogen and oxygen atoms in total. The van der Waals surface area contributed by atoms with Crippen LogP contribution >= 0.6 is 22.6 Å². The Labute approximate surface area is 86.8 Å². The molecular formula is C11H11I. The number of alkyl halides is 1. The second-order valence-corrected chi connectivity index (χ2v) is 4.07. The summed E-state index contributed by atoms with van der Waals surface area (Å²) in [6.45, 7) is 0. The first-order valence-corrected chi connectivity index (χ1v) is 5.74. The van der Waals surface area contributed by atoms with Crippen LogP contribution in [0.5, 0.6) is 0 Å². The third-order valence-electron chi connectivity index (χ3n) is 2.18. The molecule has 12 heavy (non-hydrogen) atoms. The zero-order chi connectivity index (χ0) is 8.39. The molecule has 62 valence electrons.